The Hall–Kier alpha value is -1.33. The first-order valence-corrected chi connectivity index (χ1v) is 9.68. The van der Waals surface area contributed by atoms with Gasteiger partial charge in [0.05, 0.1) is 5.69 Å². The van der Waals surface area contributed by atoms with Crippen molar-refractivity contribution in [2.45, 2.75) is 64.0 Å². The molecule has 0 N–H and O–H groups in total. The lowest BCUT2D eigenvalue weighted by Gasteiger charge is -2.39. The molecule has 4 fully saturated rings. The fourth-order valence-corrected chi connectivity index (χ4v) is 5.68. The summed E-state index contributed by atoms with van der Waals surface area (Å²) < 4.78 is 19.7. The van der Waals surface area contributed by atoms with E-state index in [2.05, 4.69) is 27.7 Å². The Balaban J connectivity index is 1.58. The Labute approximate surface area is 150 Å². The summed E-state index contributed by atoms with van der Waals surface area (Å²) in [5.41, 5.74) is 0.201. The third-order valence-electron chi connectivity index (χ3n) is 7.39. The molecule has 0 radical (unpaired) electrons. The van der Waals surface area contributed by atoms with E-state index >= 15 is 0 Å². The molecule has 2 saturated carbocycles. The first-order chi connectivity index (χ1) is 11.8. The van der Waals surface area contributed by atoms with E-state index in [4.69, 9.17) is 19.0 Å². The molecule has 2 heterocycles. The maximum absolute atomic E-state index is 6.58. The molecule has 0 amide bonds. The molecule has 5 rings (SSSR count). The molecule has 134 valence electrons. The number of rotatable bonds is 1. The first-order valence-electron chi connectivity index (χ1n) is 9.68. The average molecular weight is 340 g/mol. The quantitative estimate of drug-likeness (QED) is 0.696. The van der Waals surface area contributed by atoms with E-state index in [-0.39, 0.29) is 11.2 Å². The van der Waals surface area contributed by atoms with Crippen molar-refractivity contribution in [1.82, 2.24) is 0 Å². The zero-order valence-electron chi connectivity index (χ0n) is 15.6. The number of para-hydroxylation sites is 1. The highest BCUT2D eigenvalue weighted by atomic mass is 16.8. The normalized spacial score (nSPS) is 40.6. The minimum Gasteiger partial charge on any atom is -0.659 e. The highest BCUT2D eigenvalue weighted by Crippen LogP contribution is 2.66. The Morgan fingerprint density at radius 1 is 0.960 bits per heavy atom. The van der Waals surface area contributed by atoms with Gasteiger partial charge < -0.3 is 14.0 Å². The molecule has 1 aromatic rings. The second-order valence-electron chi connectivity index (χ2n) is 9.29. The molecule has 1 aromatic carbocycles. The van der Waals surface area contributed by atoms with Crippen molar-refractivity contribution in [2.75, 3.05) is 0 Å². The van der Waals surface area contributed by atoms with Gasteiger partial charge in [0.25, 0.3) is 0 Å². The standard InChI is InChI=1S/C20H27BNO3/c1-19(2)20(3,4)25-21(24-19)17-14-11-10-13(12-14)16(17)18(23-21)22-15-8-6-5-7-9-15/h5-9,13-14,16-17H,10-12H2,1-4H3/q-1/t13-,14+,16+,17-/m0/s1. The number of aliphatic imine (C=N–C) groups is 1. The van der Waals surface area contributed by atoms with Crippen molar-refractivity contribution in [1.29, 1.82) is 0 Å². The summed E-state index contributed by atoms with van der Waals surface area (Å²) in [5.74, 6) is 2.82. The van der Waals surface area contributed by atoms with Crippen LogP contribution in [-0.4, -0.2) is 23.9 Å². The molecule has 4 aliphatic rings. The van der Waals surface area contributed by atoms with Crippen LogP contribution in [0, 0.1) is 17.8 Å². The summed E-state index contributed by atoms with van der Waals surface area (Å²) in [6, 6.07) is 10.1. The fourth-order valence-electron chi connectivity index (χ4n) is 5.68. The molecule has 2 aliphatic carbocycles. The molecule has 2 bridgehead atoms. The van der Waals surface area contributed by atoms with Gasteiger partial charge in [0.1, 0.15) is 5.90 Å². The predicted octanol–water partition coefficient (Wildman–Crippen LogP) is 4.71. The monoisotopic (exact) mass is 340 g/mol. The molecule has 2 saturated heterocycles. The lowest BCUT2D eigenvalue weighted by molar-refractivity contribution is 0.00578. The number of nitrogens with zero attached hydrogens (tertiary/aromatic N) is 1. The van der Waals surface area contributed by atoms with Crippen LogP contribution in [0.15, 0.2) is 35.3 Å². The third-order valence-corrected chi connectivity index (χ3v) is 7.39. The zero-order chi connectivity index (χ0) is 17.4. The minimum atomic E-state index is -1.78. The number of benzene rings is 1. The first kappa shape index (κ1) is 15.9. The molecule has 4 atom stereocenters. The third kappa shape index (κ3) is 2.12. The predicted molar refractivity (Wildman–Crippen MR) is 98.8 cm³/mol. The lowest BCUT2D eigenvalue weighted by atomic mass is 9.55. The SMILES string of the molecule is CC1(C)O[B-]2(OC(=Nc3ccccc3)[C@@H]3[C@H]4CC[C@H](C4)[C@@H]32)OC1(C)C. The Bertz CT molecular complexity index is 714. The molecule has 5 heteroatoms. The summed E-state index contributed by atoms with van der Waals surface area (Å²) in [6.07, 6.45) is 3.82. The van der Waals surface area contributed by atoms with Gasteiger partial charge in [-0.05, 0) is 58.6 Å². The van der Waals surface area contributed by atoms with Crippen molar-refractivity contribution in [3.05, 3.63) is 30.3 Å². The van der Waals surface area contributed by atoms with Gasteiger partial charge in [-0.2, -0.15) is 0 Å². The van der Waals surface area contributed by atoms with E-state index in [1.165, 1.54) is 19.3 Å². The van der Waals surface area contributed by atoms with E-state index in [9.17, 15) is 0 Å². The highest BCUT2D eigenvalue weighted by Gasteiger charge is 2.69. The Morgan fingerprint density at radius 2 is 1.60 bits per heavy atom. The van der Waals surface area contributed by atoms with Crippen LogP contribution in [0.2, 0.25) is 5.82 Å². The zero-order valence-corrected chi connectivity index (χ0v) is 15.6. The minimum absolute atomic E-state index is 0.322. The van der Waals surface area contributed by atoms with Gasteiger partial charge in [-0.25, -0.2) is 4.99 Å². The molecule has 0 unspecified atom stereocenters. The fraction of sp³-hybridized carbons (Fsp3) is 0.650. The van der Waals surface area contributed by atoms with Crippen LogP contribution in [-0.2, 0) is 14.0 Å². The maximum atomic E-state index is 6.58. The van der Waals surface area contributed by atoms with Gasteiger partial charge in [-0.15, -0.1) is 0 Å². The van der Waals surface area contributed by atoms with Crippen LogP contribution < -0.4 is 0 Å². The molecule has 4 nitrogen and oxygen atoms in total. The van der Waals surface area contributed by atoms with E-state index < -0.39 is 6.75 Å². The number of fused-ring (bicyclic) bond motifs is 6. The summed E-state index contributed by atoms with van der Waals surface area (Å²) in [5, 5.41) is 0. The molecule has 0 aromatic heterocycles. The van der Waals surface area contributed by atoms with E-state index in [0.29, 0.717) is 23.6 Å². The molecular weight excluding hydrogens is 313 g/mol. The van der Waals surface area contributed by atoms with Crippen molar-refractivity contribution >= 4 is 18.3 Å². The van der Waals surface area contributed by atoms with Gasteiger partial charge in [0.15, 0.2) is 0 Å². The van der Waals surface area contributed by atoms with Crippen LogP contribution in [0.1, 0.15) is 47.0 Å². The van der Waals surface area contributed by atoms with Gasteiger partial charge in [-0.1, -0.05) is 36.4 Å². The summed E-state index contributed by atoms with van der Waals surface area (Å²) in [6.45, 7) is 6.67. The van der Waals surface area contributed by atoms with Gasteiger partial charge in [-0.3, -0.25) is 0 Å². The van der Waals surface area contributed by atoms with Crippen LogP contribution in [0.25, 0.3) is 0 Å². The number of hydrogen-bond donors (Lipinski definition) is 0. The highest BCUT2D eigenvalue weighted by molar-refractivity contribution is 6.67. The van der Waals surface area contributed by atoms with Crippen LogP contribution >= 0.6 is 0 Å². The summed E-state index contributed by atoms with van der Waals surface area (Å²) in [7, 11) is 0. The summed E-state index contributed by atoms with van der Waals surface area (Å²) >= 11 is 0. The second-order valence-corrected chi connectivity index (χ2v) is 9.29. The van der Waals surface area contributed by atoms with Gasteiger partial charge in [0, 0.05) is 17.1 Å². The van der Waals surface area contributed by atoms with Crippen LogP contribution in [0.3, 0.4) is 0 Å². The second kappa shape index (κ2) is 4.89. The lowest BCUT2D eigenvalue weighted by Crippen LogP contribution is -2.45. The molecular formula is C20H27BNO3-. The van der Waals surface area contributed by atoms with Crippen LogP contribution in [0.4, 0.5) is 5.69 Å². The Morgan fingerprint density at radius 3 is 2.28 bits per heavy atom. The number of hydrogen-bond acceptors (Lipinski definition) is 4. The van der Waals surface area contributed by atoms with Crippen molar-refractivity contribution in [3.63, 3.8) is 0 Å². The smallest absolute Gasteiger partial charge is 0.440 e. The van der Waals surface area contributed by atoms with Crippen molar-refractivity contribution < 1.29 is 14.0 Å². The molecule has 2 aliphatic heterocycles. The Kier molecular flexibility index (Phi) is 3.11. The molecule has 25 heavy (non-hydrogen) atoms. The topological polar surface area (TPSA) is 40.0 Å². The van der Waals surface area contributed by atoms with E-state index in [0.717, 1.165) is 11.6 Å². The molecule has 1 spiro atoms. The van der Waals surface area contributed by atoms with E-state index in [1.54, 1.807) is 0 Å². The van der Waals surface area contributed by atoms with Gasteiger partial charge in [0.2, 0.25) is 0 Å². The van der Waals surface area contributed by atoms with Crippen molar-refractivity contribution in [3.8, 4) is 0 Å². The average Bonchev–Trinajstić information content (AvgIpc) is 3.24. The van der Waals surface area contributed by atoms with Crippen molar-refractivity contribution in [2.24, 2.45) is 22.7 Å². The largest absolute Gasteiger partial charge is 0.659 e. The van der Waals surface area contributed by atoms with Crippen LogP contribution in [0.5, 0.6) is 0 Å². The summed E-state index contributed by atoms with van der Waals surface area (Å²) in [4.78, 5) is 4.88. The van der Waals surface area contributed by atoms with E-state index in [1.807, 2.05) is 30.3 Å². The van der Waals surface area contributed by atoms with Gasteiger partial charge >= 0.3 is 6.75 Å². The maximum Gasteiger partial charge on any atom is 0.440 e.